The van der Waals surface area contributed by atoms with Crippen molar-refractivity contribution >= 4 is 11.8 Å². The van der Waals surface area contributed by atoms with Crippen molar-refractivity contribution in [1.29, 1.82) is 0 Å². The molecule has 1 N–H and O–H groups in total. The Morgan fingerprint density at radius 1 is 1.17 bits per heavy atom. The van der Waals surface area contributed by atoms with Crippen LogP contribution in [0.15, 0.2) is 42.9 Å². The van der Waals surface area contributed by atoms with Crippen molar-refractivity contribution in [1.82, 2.24) is 20.2 Å². The Hall–Kier alpha value is -2.96. The van der Waals surface area contributed by atoms with Gasteiger partial charge in [-0.3, -0.25) is 14.6 Å². The second-order valence-electron chi connectivity index (χ2n) is 8.65. The van der Waals surface area contributed by atoms with Crippen molar-refractivity contribution in [2.24, 2.45) is 0 Å². The van der Waals surface area contributed by atoms with Gasteiger partial charge in [0.15, 0.2) is 0 Å². The predicted octanol–water partition coefficient (Wildman–Crippen LogP) is 2.69. The number of hydrogen-bond donors (Lipinski definition) is 1. The summed E-state index contributed by atoms with van der Waals surface area (Å²) in [6.07, 6.45) is 9.57. The van der Waals surface area contributed by atoms with Gasteiger partial charge in [0.2, 0.25) is 5.91 Å². The molecule has 5 rings (SSSR count). The molecule has 7 nitrogen and oxygen atoms in total. The van der Waals surface area contributed by atoms with Crippen LogP contribution >= 0.6 is 0 Å². The summed E-state index contributed by atoms with van der Waals surface area (Å²) in [4.78, 5) is 35.2. The third kappa shape index (κ3) is 3.88. The van der Waals surface area contributed by atoms with E-state index in [-0.39, 0.29) is 23.3 Å². The monoisotopic (exact) mass is 406 g/mol. The van der Waals surface area contributed by atoms with Crippen LogP contribution in [0.1, 0.15) is 60.5 Å². The Bertz CT molecular complexity index is 936. The van der Waals surface area contributed by atoms with Gasteiger partial charge in [-0.15, -0.1) is 0 Å². The number of nitrogens with one attached hydrogen (secondary N) is 1. The van der Waals surface area contributed by atoms with Crippen molar-refractivity contribution in [3.05, 3.63) is 54.1 Å². The second-order valence-corrected chi connectivity index (χ2v) is 8.65. The number of aromatic nitrogens is 2. The molecule has 1 atom stereocenters. The number of ether oxygens (including phenoxy) is 1. The first-order valence-electron chi connectivity index (χ1n) is 10.7. The maximum atomic E-state index is 12.7. The molecular formula is C23H26N4O3. The highest BCUT2D eigenvalue weighted by molar-refractivity contribution is 5.92. The maximum absolute atomic E-state index is 12.7. The fourth-order valence-corrected chi connectivity index (χ4v) is 4.66. The summed E-state index contributed by atoms with van der Waals surface area (Å²) in [5, 5.41) is 3.12. The summed E-state index contributed by atoms with van der Waals surface area (Å²) in [6, 6.07) is 8.43. The minimum atomic E-state index is -0.335. The first-order valence-corrected chi connectivity index (χ1v) is 10.7. The summed E-state index contributed by atoms with van der Waals surface area (Å²) in [7, 11) is 0. The smallest absolute Gasteiger partial charge is 0.274 e. The van der Waals surface area contributed by atoms with Gasteiger partial charge in [0.25, 0.3) is 5.91 Å². The fraction of sp³-hybridized carbons (Fsp3) is 0.478. The summed E-state index contributed by atoms with van der Waals surface area (Å²) >= 11 is 0. The number of benzene rings is 1. The van der Waals surface area contributed by atoms with Crippen LogP contribution in [0.5, 0.6) is 5.75 Å². The molecule has 1 aromatic carbocycles. The van der Waals surface area contributed by atoms with Crippen molar-refractivity contribution in [2.45, 2.75) is 56.1 Å². The first-order chi connectivity index (χ1) is 14.6. The lowest BCUT2D eigenvalue weighted by Gasteiger charge is -2.46. The van der Waals surface area contributed by atoms with E-state index in [9.17, 15) is 9.59 Å². The van der Waals surface area contributed by atoms with Crippen molar-refractivity contribution < 1.29 is 14.3 Å². The van der Waals surface area contributed by atoms with Gasteiger partial charge in [-0.2, -0.15) is 0 Å². The highest BCUT2D eigenvalue weighted by Gasteiger charge is 2.44. The Labute approximate surface area is 175 Å². The summed E-state index contributed by atoms with van der Waals surface area (Å²) in [6.45, 7) is 1.22. The highest BCUT2D eigenvalue weighted by Crippen LogP contribution is 2.46. The molecule has 1 aromatic heterocycles. The molecule has 1 aliphatic carbocycles. The van der Waals surface area contributed by atoms with Crippen LogP contribution in [-0.4, -0.2) is 51.4 Å². The molecule has 2 amide bonds. The van der Waals surface area contributed by atoms with Gasteiger partial charge in [-0.25, -0.2) is 4.98 Å². The van der Waals surface area contributed by atoms with Crippen LogP contribution in [0.25, 0.3) is 0 Å². The van der Waals surface area contributed by atoms with Gasteiger partial charge in [0, 0.05) is 56.7 Å². The second kappa shape index (κ2) is 7.70. The van der Waals surface area contributed by atoms with E-state index in [1.807, 2.05) is 23.1 Å². The molecule has 2 aliphatic heterocycles. The first kappa shape index (κ1) is 19.0. The number of amides is 2. The fourth-order valence-electron chi connectivity index (χ4n) is 4.66. The Morgan fingerprint density at radius 3 is 2.70 bits per heavy atom. The molecule has 1 saturated carbocycles. The number of fused-ring (bicyclic) bond motifs is 1. The lowest BCUT2D eigenvalue weighted by atomic mass is 9.76. The number of carbonyl (C=O) groups excluding carboxylic acids is 2. The molecule has 0 bridgehead atoms. The van der Waals surface area contributed by atoms with E-state index < -0.39 is 0 Å². The van der Waals surface area contributed by atoms with Crippen LogP contribution in [0.4, 0.5) is 0 Å². The van der Waals surface area contributed by atoms with Crippen molar-refractivity contribution in [3.63, 3.8) is 0 Å². The molecule has 3 aliphatic rings. The van der Waals surface area contributed by atoms with Gasteiger partial charge in [-0.05, 0) is 30.9 Å². The zero-order valence-corrected chi connectivity index (χ0v) is 16.9. The summed E-state index contributed by atoms with van der Waals surface area (Å²) < 4.78 is 6.50. The van der Waals surface area contributed by atoms with E-state index in [4.69, 9.17) is 4.74 Å². The van der Waals surface area contributed by atoms with Crippen LogP contribution < -0.4 is 10.1 Å². The van der Waals surface area contributed by atoms with Gasteiger partial charge < -0.3 is 15.0 Å². The zero-order valence-electron chi connectivity index (χ0n) is 16.9. The van der Waals surface area contributed by atoms with Crippen molar-refractivity contribution in [3.8, 4) is 5.75 Å². The molecule has 0 unspecified atom stereocenters. The normalized spacial score (nSPS) is 22.1. The van der Waals surface area contributed by atoms with E-state index in [0.29, 0.717) is 31.2 Å². The zero-order chi connectivity index (χ0) is 20.6. The lowest BCUT2D eigenvalue weighted by molar-refractivity contribution is -0.122. The molecule has 1 saturated heterocycles. The quantitative estimate of drug-likeness (QED) is 0.844. The number of para-hydroxylation sites is 1. The van der Waals surface area contributed by atoms with E-state index in [1.54, 1.807) is 6.20 Å². The van der Waals surface area contributed by atoms with Gasteiger partial charge >= 0.3 is 0 Å². The minimum Gasteiger partial charge on any atom is -0.487 e. The number of piperidine rings is 1. The molecule has 30 heavy (non-hydrogen) atoms. The Morgan fingerprint density at radius 2 is 1.97 bits per heavy atom. The molecule has 0 radical (unpaired) electrons. The average Bonchev–Trinajstić information content (AvgIpc) is 3.58. The Kier molecular flexibility index (Phi) is 4.89. The molecule has 2 fully saturated rings. The third-order valence-corrected chi connectivity index (χ3v) is 6.42. The standard InChI is InChI=1S/C23H26N4O3/c28-21(26-17-5-6-17)13-16-14-23(30-20-4-2-1-3-18(16)20)7-11-27(12-8-23)22(29)19-15-24-9-10-25-19/h1-4,9-10,15-17H,5-8,11-14H2,(H,26,28)/t16-/m1/s1. The maximum Gasteiger partial charge on any atom is 0.274 e. The summed E-state index contributed by atoms with van der Waals surface area (Å²) in [5.41, 5.74) is 1.16. The SMILES string of the molecule is O=C(C[C@@H]1CC2(CCN(C(=O)c3cnccn3)CC2)Oc2ccccc21)NC1CC1. The number of likely N-dealkylation sites (tertiary alicyclic amines) is 1. The number of hydrogen-bond acceptors (Lipinski definition) is 5. The van der Waals surface area contributed by atoms with E-state index in [1.165, 1.54) is 12.4 Å². The van der Waals surface area contributed by atoms with Gasteiger partial charge in [-0.1, -0.05) is 18.2 Å². The summed E-state index contributed by atoms with van der Waals surface area (Å²) in [5.74, 6) is 1.05. The topological polar surface area (TPSA) is 84.4 Å². The number of carbonyl (C=O) groups is 2. The number of rotatable bonds is 4. The molecule has 3 heterocycles. The van der Waals surface area contributed by atoms with Gasteiger partial charge in [0.05, 0.1) is 6.20 Å². The molecule has 7 heteroatoms. The van der Waals surface area contributed by atoms with Gasteiger partial charge in [0.1, 0.15) is 17.0 Å². The predicted molar refractivity (Wildman–Crippen MR) is 110 cm³/mol. The van der Waals surface area contributed by atoms with Crippen LogP contribution in [0, 0.1) is 0 Å². The third-order valence-electron chi connectivity index (χ3n) is 6.42. The molecular weight excluding hydrogens is 380 g/mol. The number of nitrogens with zero attached hydrogens (tertiary/aromatic N) is 3. The molecule has 156 valence electrons. The van der Waals surface area contributed by atoms with Crippen LogP contribution in [0.2, 0.25) is 0 Å². The molecule has 1 spiro atoms. The lowest BCUT2D eigenvalue weighted by Crippen LogP contribution is -2.52. The largest absolute Gasteiger partial charge is 0.487 e. The van der Waals surface area contributed by atoms with Crippen LogP contribution in [0.3, 0.4) is 0 Å². The average molecular weight is 406 g/mol. The highest BCUT2D eigenvalue weighted by atomic mass is 16.5. The van der Waals surface area contributed by atoms with Crippen molar-refractivity contribution in [2.75, 3.05) is 13.1 Å². The van der Waals surface area contributed by atoms with Crippen LogP contribution in [-0.2, 0) is 4.79 Å². The van der Waals surface area contributed by atoms with E-state index in [0.717, 1.165) is 43.4 Å². The molecule has 2 aromatic rings. The van der Waals surface area contributed by atoms with E-state index >= 15 is 0 Å². The van der Waals surface area contributed by atoms with E-state index in [2.05, 4.69) is 21.4 Å². The minimum absolute atomic E-state index is 0.0884. The Balaban J connectivity index is 1.30.